The zero-order valence-corrected chi connectivity index (χ0v) is 15.8. The quantitative estimate of drug-likeness (QED) is 0.835. The first kappa shape index (κ1) is 19.7. The molecule has 0 aromatic heterocycles. The Morgan fingerprint density at radius 2 is 1.96 bits per heavy atom. The third-order valence-corrected chi connectivity index (χ3v) is 5.30. The van der Waals surface area contributed by atoms with Crippen molar-refractivity contribution in [3.8, 4) is 0 Å². The molecule has 2 atom stereocenters. The Kier molecular flexibility index (Phi) is 6.85. The van der Waals surface area contributed by atoms with Gasteiger partial charge < -0.3 is 15.5 Å². The zero-order valence-electron chi connectivity index (χ0n) is 15.0. The summed E-state index contributed by atoms with van der Waals surface area (Å²) in [6.07, 6.45) is 1.40. The minimum Gasteiger partial charge on any atom is -0.354 e. The number of nitrogens with zero attached hydrogens (tertiary/aromatic N) is 1. The van der Waals surface area contributed by atoms with Crippen molar-refractivity contribution >= 4 is 24.2 Å². The second-order valence-electron chi connectivity index (χ2n) is 7.03. The lowest BCUT2D eigenvalue weighted by Gasteiger charge is -2.38. The highest BCUT2D eigenvalue weighted by Gasteiger charge is 2.36. The van der Waals surface area contributed by atoms with Gasteiger partial charge in [0, 0.05) is 44.4 Å². The lowest BCUT2D eigenvalue weighted by molar-refractivity contribution is -0.144. The van der Waals surface area contributed by atoms with Crippen molar-refractivity contribution < 1.29 is 9.59 Å². The number of carbonyl (C=O) groups is 2. The number of rotatable bonds is 5. The van der Waals surface area contributed by atoms with E-state index in [1.807, 2.05) is 26.0 Å². The zero-order chi connectivity index (χ0) is 17.1. The predicted molar refractivity (Wildman–Crippen MR) is 101 cm³/mol. The van der Waals surface area contributed by atoms with Gasteiger partial charge >= 0.3 is 0 Å². The molecule has 2 N–H and O–H groups in total. The van der Waals surface area contributed by atoms with Crippen LogP contribution >= 0.6 is 12.4 Å². The van der Waals surface area contributed by atoms with Crippen LogP contribution in [0.25, 0.3) is 0 Å². The van der Waals surface area contributed by atoms with Gasteiger partial charge in [-0.1, -0.05) is 38.1 Å². The van der Waals surface area contributed by atoms with Crippen LogP contribution in [0.1, 0.15) is 31.4 Å². The molecule has 5 nitrogen and oxygen atoms in total. The van der Waals surface area contributed by atoms with Crippen molar-refractivity contribution in [3.63, 3.8) is 0 Å². The van der Waals surface area contributed by atoms with E-state index in [2.05, 4.69) is 22.8 Å². The Bertz CT molecular complexity index is 618. The van der Waals surface area contributed by atoms with Crippen LogP contribution in [0.15, 0.2) is 24.3 Å². The number of carbonyl (C=O) groups excluding carboxylic acids is 2. The number of halogens is 1. The standard InChI is InChI=1S/C19H27N3O2.ClH/c1-3-13(2)19(24)22-12-16-7-5-4-6-15(16)8-17(22)18(23)21-11-14-9-20-10-14;/h4-7,13-14,17,20H,3,8-12H2,1-2H3,(H,21,23);1H. The van der Waals surface area contributed by atoms with Crippen molar-refractivity contribution in [1.82, 2.24) is 15.5 Å². The molecule has 1 aromatic rings. The van der Waals surface area contributed by atoms with Gasteiger partial charge in [-0.15, -0.1) is 12.4 Å². The van der Waals surface area contributed by atoms with Crippen molar-refractivity contribution in [3.05, 3.63) is 35.4 Å². The van der Waals surface area contributed by atoms with Crippen LogP contribution in [-0.2, 0) is 22.6 Å². The van der Waals surface area contributed by atoms with Gasteiger partial charge in [0.1, 0.15) is 6.04 Å². The molecule has 0 spiro atoms. The van der Waals surface area contributed by atoms with E-state index in [9.17, 15) is 9.59 Å². The Morgan fingerprint density at radius 3 is 2.56 bits per heavy atom. The van der Waals surface area contributed by atoms with E-state index in [0.717, 1.165) is 25.1 Å². The molecule has 2 unspecified atom stereocenters. The first-order valence-electron chi connectivity index (χ1n) is 8.95. The van der Waals surface area contributed by atoms with Crippen LogP contribution in [0.3, 0.4) is 0 Å². The molecule has 2 aliphatic rings. The highest BCUT2D eigenvalue weighted by Crippen LogP contribution is 2.25. The van der Waals surface area contributed by atoms with Crippen molar-refractivity contribution in [1.29, 1.82) is 0 Å². The minimum atomic E-state index is -0.394. The first-order chi connectivity index (χ1) is 11.6. The number of fused-ring (bicyclic) bond motifs is 1. The molecular weight excluding hydrogens is 338 g/mol. The monoisotopic (exact) mass is 365 g/mol. The van der Waals surface area contributed by atoms with Crippen LogP contribution < -0.4 is 10.6 Å². The first-order valence-corrected chi connectivity index (χ1v) is 8.95. The lowest BCUT2D eigenvalue weighted by Crippen LogP contribution is -2.56. The lowest BCUT2D eigenvalue weighted by atomic mass is 9.91. The topological polar surface area (TPSA) is 61.4 Å². The summed E-state index contributed by atoms with van der Waals surface area (Å²) in [5.74, 6) is 0.524. The van der Waals surface area contributed by atoms with Gasteiger partial charge in [0.15, 0.2) is 0 Å². The summed E-state index contributed by atoms with van der Waals surface area (Å²) < 4.78 is 0. The van der Waals surface area contributed by atoms with Crippen LogP contribution in [0.4, 0.5) is 0 Å². The third kappa shape index (κ3) is 4.33. The molecule has 138 valence electrons. The maximum atomic E-state index is 12.8. The molecule has 0 bridgehead atoms. The Morgan fingerprint density at radius 1 is 1.28 bits per heavy atom. The van der Waals surface area contributed by atoms with E-state index in [-0.39, 0.29) is 30.1 Å². The van der Waals surface area contributed by atoms with E-state index >= 15 is 0 Å². The minimum absolute atomic E-state index is 0. The van der Waals surface area contributed by atoms with Gasteiger partial charge in [-0.3, -0.25) is 9.59 Å². The average molecular weight is 366 g/mol. The van der Waals surface area contributed by atoms with E-state index in [4.69, 9.17) is 0 Å². The third-order valence-electron chi connectivity index (χ3n) is 5.30. The summed E-state index contributed by atoms with van der Waals surface area (Å²) in [5, 5.41) is 6.27. The second-order valence-corrected chi connectivity index (χ2v) is 7.03. The van der Waals surface area contributed by atoms with Gasteiger partial charge in [0.2, 0.25) is 11.8 Å². The number of amides is 2. The summed E-state index contributed by atoms with van der Waals surface area (Å²) >= 11 is 0. The van der Waals surface area contributed by atoms with Crippen molar-refractivity contribution in [2.45, 2.75) is 39.3 Å². The van der Waals surface area contributed by atoms with Crippen LogP contribution in [0.5, 0.6) is 0 Å². The van der Waals surface area contributed by atoms with Gasteiger partial charge in [-0.25, -0.2) is 0 Å². The Balaban J connectivity index is 0.00000225. The Hall–Kier alpha value is -1.59. The summed E-state index contributed by atoms with van der Waals surface area (Å²) in [5.41, 5.74) is 2.33. The molecule has 0 saturated carbocycles. The van der Waals surface area contributed by atoms with Crippen LogP contribution in [-0.4, -0.2) is 42.4 Å². The van der Waals surface area contributed by atoms with Gasteiger partial charge in [0.05, 0.1) is 0 Å². The normalized spacial score (nSPS) is 20.7. The Labute approximate surface area is 155 Å². The molecule has 6 heteroatoms. The molecular formula is C19H28ClN3O2. The molecule has 2 heterocycles. The fourth-order valence-electron chi connectivity index (χ4n) is 3.30. The highest BCUT2D eigenvalue weighted by molar-refractivity contribution is 5.89. The van der Waals surface area contributed by atoms with Crippen LogP contribution in [0, 0.1) is 11.8 Å². The maximum Gasteiger partial charge on any atom is 0.243 e. The number of nitrogens with one attached hydrogen (secondary N) is 2. The molecule has 0 radical (unpaired) electrons. The SMILES string of the molecule is CCC(C)C(=O)N1Cc2ccccc2CC1C(=O)NCC1CNC1.Cl. The van der Waals surface area contributed by atoms with Gasteiger partial charge in [0.25, 0.3) is 0 Å². The van der Waals surface area contributed by atoms with E-state index in [1.54, 1.807) is 4.90 Å². The number of benzene rings is 1. The fraction of sp³-hybridized carbons (Fsp3) is 0.579. The second kappa shape index (κ2) is 8.68. The molecule has 1 saturated heterocycles. The molecule has 2 amide bonds. The number of hydrogen-bond donors (Lipinski definition) is 2. The molecule has 1 fully saturated rings. The highest BCUT2D eigenvalue weighted by atomic mass is 35.5. The van der Waals surface area contributed by atoms with E-state index in [0.29, 0.717) is 25.4 Å². The molecule has 2 aliphatic heterocycles. The summed E-state index contributed by atoms with van der Waals surface area (Å²) in [7, 11) is 0. The summed E-state index contributed by atoms with van der Waals surface area (Å²) in [6, 6.07) is 7.72. The van der Waals surface area contributed by atoms with Gasteiger partial charge in [-0.05, 0) is 17.5 Å². The van der Waals surface area contributed by atoms with Crippen molar-refractivity contribution in [2.24, 2.45) is 11.8 Å². The molecule has 25 heavy (non-hydrogen) atoms. The van der Waals surface area contributed by atoms with E-state index in [1.165, 1.54) is 5.56 Å². The molecule has 0 aliphatic carbocycles. The molecule has 1 aromatic carbocycles. The fourth-order valence-corrected chi connectivity index (χ4v) is 3.30. The maximum absolute atomic E-state index is 12.8. The smallest absolute Gasteiger partial charge is 0.243 e. The summed E-state index contributed by atoms with van der Waals surface area (Å²) in [6.45, 7) is 7.10. The predicted octanol–water partition coefficient (Wildman–Crippen LogP) is 1.74. The van der Waals surface area contributed by atoms with E-state index < -0.39 is 6.04 Å². The average Bonchev–Trinajstić information content (AvgIpc) is 2.57. The van der Waals surface area contributed by atoms with Crippen LogP contribution in [0.2, 0.25) is 0 Å². The van der Waals surface area contributed by atoms with Crippen molar-refractivity contribution in [2.75, 3.05) is 19.6 Å². The largest absolute Gasteiger partial charge is 0.354 e. The number of hydrogen-bond acceptors (Lipinski definition) is 3. The molecule has 3 rings (SSSR count). The summed E-state index contributed by atoms with van der Waals surface area (Å²) in [4.78, 5) is 27.3. The van der Waals surface area contributed by atoms with Gasteiger partial charge in [-0.2, -0.15) is 0 Å².